The number of hydrogen-bond acceptors (Lipinski definition) is 3. The molecule has 0 spiro atoms. The molecule has 0 unspecified atom stereocenters. The maximum atomic E-state index is 12.5. The van der Waals surface area contributed by atoms with Gasteiger partial charge in [0.2, 0.25) is 5.91 Å². The van der Waals surface area contributed by atoms with Crippen LogP contribution in [0.2, 0.25) is 0 Å². The van der Waals surface area contributed by atoms with Gasteiger partial charge in [0, 0.05) is 17.4 Å². The average molecular weight is 403 g/mol. The third kappa shape index (κ3) is 4.20. The average Bonchev–Trinajstić information content (AvgIpc) is 3.03. The predicted molar refractivity (Wildman–Crippen MR) is 101 cm³/mol. The lowest BCUT2D eigenvalue weighted by Crippen LogP contribution is -2.31. The van der Waals surface area contributed by atoms with E-state index in [1.807, 2.05) is 30.3 Å². The topological polar surface area (TPSA) is 58.6 Å². The highest BCUT2D eigenvalue weighted by molar-refractivity contribution is 9.10. The van der Waals surface area contributed by atoms with Crippen LogP contribution in [0.5, 0.6) is 5.75 Å². The Morgan fingerprint density at radius 3 is 2.60 bits per heavy atom. The minimum atomic E-state index is -0.663. The summed E-state index contributed by atoms with van der Waals surface area (Å²) in [5.74, 6) is 0.441. The Kier molecular flexibility index (Phi) is 5.38. The molecule has 0 aromatic heterocycles. The molecule has 1 atom stereocenters. The summed E-state index contributed by atoms with van der Waals surface area (Å²) in [6.45, 7) is 2.37. The zero-order valence-electron chi connectivity index (χ0n) is 13.9. The molecule has 25 heavy (non-hydrogen) atoms. The van der Waals surface area contributed by atoms with E-state index in [1.54, 1.807) is 30.0 Å². The Morgan fingerprint density at radius 1 is 1.20 bits per heavy atom. The largest absolute Gasteiger partial charge is 0.481 e. The molecule has 0 aliphatic carbocycles. The highest BCUT2D eigenvalue weighted by Gasteiger charge is 2.25. The Hall–Kier alpha value is -2.34. The Labute approximate surface area is 155 Å². The molecule has 3 rings (SSSR count). The number of para-hydroxylation sites is 2. The van der Waals surface area contributed by atoms with Gasteiger partial charge in [-0.3, -0.25) is 9.59 Å². The molecule has 130 valence electrons. The van der Waals surface area contributed by atoms with Crippen molar-refractivity contribution in [3.05, 3.63) is 53.0 Å². The van der Waals surface area contributed by atoms with Crippen molar-refractivity contribution in [1.82, 2.24) is 0 Å². The number of amides is 2. The fourth-order valence-electron chi connectivity index (χ4n) is 2.72. The van der Waals surface area contributed by atoms with Crippen molar-refractivity contribution in [2.24, 2.45) is 0 Å². The molecule has 1 aliphatic heterocycles. The van der Waals surface area contributed by atoms with Crippen LogP contribution < -0.4 is 15.0 Å². The highest BCUT2D eigenvalue weighted by atomic mass is 79.9. The van der Waals surface area contributed by atoms with E-state index in [9.17, 15) is 9.59 Å². The maximum Gasteiger partial charge on any atom is 0.265 e. The van der Waals surface area contributed by atoms with Gasteiger partial charge in [-0.25, -0.2) is 0 Å². The smallest absolute Gasteiger partial charge is 0.265 e. The van der Waals surface area contributed by atoms with Crippen molar-refractivity contribution in [2.45, 2.75) is 25.9 Å². The molecule has 1 heterocycles. The van der Waals surface area contributed by atoms with E-state index in [4.69, 9.17) is 4.74 Å². The van der Waals surface area contributed by atoms with Gasteiger partial charge in [-0.15, -0.1) is 0 Å². The van der Waals surface area contributed by atoms with E-state index in [-0.39, 0.29) is 11.8 Å². The number of carbonyl (C=O) groups excluding carboxylic acids is 2. The van der Waals surface area contributed by atoms with Crippen molar-refractivity contribution in [3.8, 4) is 5.75 Å². The van der Waals surface area contributed by atoms with Crippen LogP contribution in [-0.4, -0.2) is 24.5 Å². The zero-order valence-corrected chi connectivity index (χ0v) is 15.5. The lowest BCUT2D eigenvalue weighted by atomic mass is 10.2. The SMILES string of the molecule is C[C@H](Oc1ccc(Br)cc1)C(=O)Nc1ccccc1N1CCCC1=O. The first kappa shape index (κ1) is 17.5. The molecule has 1 saturated heterocycles. The fourth-order valence-corrected chi connectivity index (χ4v) is 2.99. The molecular weight excluding hydrogens is 384 g/mol. The first-order valence-corrected chi connectivity index (χ1v) is 8.96. The third-order valence-electron chi connectivity index (χ3n) is 4.02. The Balaban J connectivity index is 1.70. The molecule has 0 bridgehead atoms. The normalized spacial score (nSPS) is 15.1. The van der Waals surface area contributed by atoms with Crippen molar-refractivity contribution in [3.63, 3.8) is 0 Å². The van der Waals surface area contributed by atoms with Crippen LogP contribution in [0.4, 0.5) is 11.4 Å². The van der Waals surface area contributed by atoms with Gasteiger partial charge in [0.15, 0.2) is 6.10 Å². The summed E-state index contributed by atoms with van der Waals surface area (Å²) in [5, 5.41) is 2.87. The van der Waals surface area contributed by atoms with Crippen LogP contribution in [-0.2, 0) is 9.59 Å². The van der Waals surface area contributed by atoms with Crippen LogP contribution in [0.25, 0.3) is 0 Å². The Bertz CT molecular complexity index is 776. The van der Waals surface area contributed by atoms with Crippen LogP contribution >= 0.6 is 15.9 Å². The molecule has 5 nitrogen and oxygen atoms in total. The van der Waals surface area contributed by atoms with E-state index >= 15 is 0 Å². The molecule has 6 heteroatoms. The number of hydrogen-bond donors (Lipinski definition) is 1. The monoisotopic (exact) mass is 402 g/mol. The summed E-state index contributed by atoms with van der Waals surface area (Å²) in [6, 6.07) is 14.6. The number of anilines is 2. The number of ether oxygens (including phenoxy) is 1. The second kappa shape index (κ2) is 7.70. The van der Waals surface area contributed by atoms with Crippen molar-refractivity contribution in [1.29, 1.82) is 0 Å². The second-order valence-corrected chi connectivity index (χ2v) is 6.79. The van der Waals surface area contributed by atoms with Crippen molar-refractivity contribution in [2.75, 3.05) is 16.8 Å². The predicted octanol–water partition coefficient (Wildman–Crippen LogP) is 3.98. The molecule has 0 radical (unpaired) electrons. The summed E-state index contributed by atoms with van der Waals surface area (Å²) < 4.78 is 6.62. The summed E-state index contributed by atoms with van der Waals surface area (Å²) in [5.41, 5.74) is 1.35. The van der Waals surface area contributed by atoms with Crippen molar-refractivity contribution >= 4 is 39.1 Å². The molecule has 1 N–H and O–H groups in total. The van der Waals surface area contributed by atoms with Gasteiger partial charge in [0.25, 0.3) is 5.91 Å². The number of nitrogens with zero attached hydrogens (tertiary/aromatic N) is 1. The maximum absolute atomic E-state index is 12.5. The van der Waals surface area contributed by atoms with Gasteiger partial charge in [-0.05, 0) is 49.7 Å². The first-order valence-electron chi connectivity index (χ1n) is 8.17. The van der Waals surface area contributed by atoms with Crippen LogP contribution in [0.3, 0.4) is 0 Å². The Morgan fingerprint density at radius 2 is 1.92 bits per heavy atom. The molecular formula is C19H19BrN2O3. The quantitative estimate of drug-likeness (QED) is 0.822. The van der Waals surface area contributed by atoms with Crippen LogP contribution in [0.1, 0.15) is 19.8 Å². The minimum absolute atomic E-state index is 0.0841. The lowest BCUT2D eigenvalue weighted by Gasteiger charge is -2.21. The molecule has 2 amide bonds. The van der Waals surface area contributed by atoms with Gasteiger partial charge in [0.1, 0.15) is 5.75 Å². The number of nitrogens with one attached hydrogen (secondary N) is 1. The van der Waals surface area contributed by atoms with Gasteiger partial charge in [0.05, 0.1) is 11.4 Å². The van der Waals surface area contributed by atoms with E-state index in [1.165, 1.54) is 0 Å². The van der Waals surface area contributed by atoms with Gasteiger partial charge in [-0.1, -0.05) is 28.1 Å². The van der Waals surface area contributed by atoms with Gasteiger partial charge in [-0.2, -0.15) is 0 Å². The molecule has 2 aromatic carbocycles. The lowest BCUT2D eigenvalue weighted by molar-refractivity contribution is -0.122. The van der Waals surface area contributed by atoms with Gasteiger partial charge < -0.3 is 15.0 Å². The van der Waals surface area contributed by atoms with Gasteiger partial charge >= 0.3 is 0 Å². The summed E-state index contributed by atoms with van der Waals surface area (Å²) in [4.78, 5) is 26.2. The standard InChI is InChI=1S/C19H19BrN2O3/c1-13(25-15-10-8-14(20)9-11-15)19(24)21-16-5-2-3-6-17(16)22-12-4-7-18(22)23/h2-3,5-6,8-11,13H,4,7,12H2,1H3,(H,21,24)/t13-/m0/s1. The molecule has 1 aliphatic rings. The number of halogens is 1. The van der Waals surface area contributed by atoms with Crippen molar-refractivity contribution < 1.29 is 14.3 Å². The van der Waals surface area contributed by atoms with Crippen LogP contribution in [0.15, 0.2) is 53.0 Å². The number of benzene rings is 2. The molecule has 1 fully saturated rings. The van der Waals surface area contributed by atoms with E-state index in [2.05, 4.69) is 21.2 Å². The summed E-state index contributed by atoms with van der Waals surface area (Å²) in [7, 11) is 0. The fraction of sp³-hybridized carbons (Fsp3) is 0.263. The van der Waals surface area contributed by atoms with Crippen LogP contribution in [0, 0.1) is 0 Å². The van der Waals surface area contributed by atoms with E-state index in [0.717, 1.165) is 16.6 Å². The molecule has 0 saturated carbocycles. The summed E-state index contributed by atoms with van der Waals surface area (Å²) in [6.07, 6.45) is 0.721. The zero-order chi connectivity index (χ0) is 17.8. The third-order valence-corrected chi connectivity index (χ3v) is 4.55. The summed E-state index contributed by atoms with van der Waals surface area (Å²) >= 11 is 3.36. The molecule has 2 aromatic rings. The first-order chi connectivity index (χ1) is 12.0. The van der Waals surface area contributed by atoms with E-state index < -0.39 is 6.10 Å². The van der Waals surface area contributed by atoms with E-state index in [0.29, 0.717) is 24.4 Å². The number of carbonyl (C=O) groups is 2. The minimum Gasteiger partial charge on any atom is -0.481 e. The highest BCUT2D eigenvalue weighted by Crippen LogP contribution is 2.29. The number of rotatable bonds is 5. The second-order valence-electron chi connectivity index (χ2n) is 5.87.